The highest BCUT2D eigenvalue weighted by molar-refractivity contribution is 9.11. The number of hydrogen-bond acceptors (Lipinski definition) is 2. The number of rotatable bonds is 6. The van der Waals surface area contributed by atoms with Crippen molar-refractivity contribution >= 4 is 27.3 Å². The van der Waals surface area contributed by atoms with E-state index in [0.29, 0.717) is 13.0 Å². The Bertz CT molecular complexity index is 338. The molecule has 1 N–H and O–H groups in total. The molecule has 1 unspecified atom stereocenters. The number of hydrogen-bond donors (Lipinski definition) is 1. The highest BCUT2D eigenvalue weighted by Gasteiger charge is 2.26. The van der Waals surface area contributed by atoms with E-state index in [9.17, 15) is 13.2 Å². The van der Waals surface area contributed by atoms with Crippen LogP contribution >= 0.6 is 27.3 Å². The highest BCUT2D eigenvalue weighted by Crippen LogP contribution is 2.23. The molecule has 1 heterocycles. The number of alkyl halides is 3. The molecule has 17 heavy (non-hydrogen) atoms. The van der Waals surface area contributed by atoms with E-state index in [2.05, 4.69) is 21.2 Å². The van der Waals surface area contributed by atoms with Crippen LogP contribution in [0.3, 0.4) is 0 Å². The molecule has 1 rings (SSSR count). The lowest BCUT2D eigenvalue weighted by atomic mass is 10.1. The van der Waals surface area contributed by atoms with Gasteiger partial charge in [0.2, 0.25) is 0 Å². The van der Waals surface area contributed by atoms with E-state index in [1.165, 1.54) is 4.88 Å². The average Bonchev–Trinajstić information content (AvgIpc) is 2.59. The fourth-order valence-corrected chi connectivity index (χ4v) is 2.87. The first kappa shape index (κ1) is 15.0. The smallest absolute Gasteiger partial charge is 0.309 e. The van der Waals surface area contributed by atoms with E-state index >= 15 is 0 Å². The van der Waals surface area contributed by atoms with Crippen LogP contribution in [-0.2, 0) is 6.54 Å². The normalized spacial score (nSPS) is 13.9. The highest BCUT2D eigenvalue weighted by atomic mass is 79.9. The van der Waals surface area contributed by atoms with Crippen LogP contribution in [-0.4, -0.2) is 12.2 Å². The minimum Gasteiger partial charge on any atom is -0.309 e. The van der Waals surface area contributed by atoms with Crippen LogP contribution in [0.5, 0.6) is 0 Å². The number of halogens is 4. The molecule has 98 valence electrons. The Kier molecular flexibility index (Phi) is 5.95. The minimum absolute atomic E-state index is 0.109. The van der Waals surface area contributed by atoms with Crippen molar-refractivity contribution in [2.45, 2.75) is 44.9 Å². The molecular weight excluding hydrogens is 315 g/mol. The standard InChI is InChI=1S/C11H15BrF3NS/c1-8(3-2-6-11(13,14)15)16-7-9-4-5-10(12)17-9/h4-5,8,16H,2-3,6-7H2,1H3. The van der Waals surface area contributed by atoms with Crippen LogP contribution in [0, 0.1) is 0 Å². The van der Waals surface area contributed by atoms with Gasteiger partial charge in [0.25, 0.3) is 0 Å². The number of nitrogens with one attached hydrogen (secondary N) is 1. The third kappa shape index (κ3) is 7.06. The maximum Gasteiger partial charge on any atom is 0.389 e. The first-order valence-electron chi connectivity index (χ1n) is 5.41. The molecule has 0 saturated heterocycles. The first-order valence-corrected chi connectivity index (χ1v) is 7.02. The zero-order valence-electron chi connectivity index (χ0n) is 9.48. The van der Waals surface area contributed by atoms with Gasteiger partial charge in [-0.25, -0.2) is 0 Å². The molecule has 0 aromatic carbocycles. The zero-order chi connectivity index (χ0) is 12.9. The van der Waals surface area contributed by atoms with Gasteiger partial charge in [-0.05, 0) is 47.8 Å². The van der Waals surface area contributed by atoms with Crippen LogP contribution in [0.4, 0.5) is 13.2 Å². The second-order valence-electron chi connectivity index (χ2n) is 4.00. The van der Waals surface area contributed by atoms with Crippen molar-refractivity contribution in [1.29, 1.82) is 0 Å². The second-order valence-corrected chi connectivity index (χ2v) is 6.54. The Morgan fingerprint density at radius 1 is 1.41 bits per heavy atom. The van der Waals surface area contributed by atoms with Crippen molar-refractivity contribution in [2.24, 2.45) is 0 Å². The molecule has 0 saturated carbocycles. The van der Waals surface area contributed by atoms with Crippen LogP contribution in [0.15, 0.2) is 15.9 Å². The molecule has 6 heteroatoms. The Balaban J connectivity index is 2.15. The molecule has 0 bridgehead atoms. The van der Waals surface area contributed by atoms with E-state index in [4.69, 9.17) is 0 Å². The van der Waals surface area contributed by atoms with Crippen LogP contribution in [0.1, 0.15) is 31.1 Å². The lowest BCUT2D eigenvalue weighted by molar-refractivity contribution is -0.135. The molecule has 1 aromatic heterocycles. The summed E-state index contributed by atoms with van der Waals surface area (Å²) in [5.74, 6) is 0. The molecule has 0 radical (unpaired) electrons. The largest absolute Gasteiger partial charge is 0.389 e. The second kappa shape index (κ2) is 6.75. The van der Waals surface area contributed by atoms with E-state index in [0.717, 1.165) is 3.79 Å². The lowest BCUT2D eigenvalue weighted by Crippen LogP contribution is -2.25. The minimum atomic E-state index is -4.03. The molecule has 1 aromatic rings. The Hall–Kier alpha value is -0.0700. The Labute approximate surface area is 112 Å². The van der Waals surface area contributed by atoms with E-state index in [1.54, 1.807) is 11.3 Å². The van der Waals surface area contributed by atoms with E-state index < -0.39 is 12.6 Å². The topological polar surface area (TPSA) is 12.0 Å². The van der Waals surface area contributed by atoms with Gasteiger partial charge in [0, 0.05) is 23.9 Å². The third-order valence-corrected chi connectivity index (χ3v) is 3.97. The SMILES string of the molecule is CC(CCCC(F)(F)F)NCc1ccc(Br)s1. The molecule has 0 amide bonds. The molecule has 0 aliphatic rings. The fourth-order valence-electron chi connectivity index (χ4n) is 1.43. The summed E-state index contributed by atoms with van der Waals surface area (Å²) in [6.07, 6.45) is -3.99. The monoisotopic (exact) mass is 329 g/mol. The molecule has 1 nitrogen and oxygen atoms in total. The maximum atomic E-state index is 11.9. The van der Waals surface area contributed by atoms with E-state index in [1.807, 2.05) is 19.1 Å². The van der Waals surface area contributed by atoms with Gasteiger partial charge in [-0.3, -0.25) is 0 Å². The van der Waals surface area contributed by atoms with Crippen molar-refractivity contribution in [3.63, 3.8) is 0 Å². The van der Waals surface area contributed by atoms with Gasteiger partial charge in [0.15, 0.2) is 0 Å². The quantitative estimate of drug-likeness (QED) is 0.796. The summed E-state index contributed by atoms with van der Waals surface area (Å²) < 4.78 is 36.9. The Morgan fingerprint density at radius 2 is 2.12 bits per heavy atom. The van der Waals surface area contributed by atoms with Crippen LogP contribution in [0.2, 0.25) is 0 Å². The van der Waals surface area contributed by atoms with Crippen molar-refractivity contribution in [1.82, 2.24) is 5.32 Å². The molecule has 0 spiro atoms. The molecule has 0 fully saturated rings. The third-order valence-electron chi connectivity index (χ3n) is 2.35. The average molecular weight is 330 g/mol. The van der Waals surface area contributed by atoms with Gasteiger partial charge in [-0.1, -0.05) is 0 Å². The Morgan fingerprint density at radius 3 is 2.65 bits per heavy atom. The first-order chi connectivity index (χ1) is 7.87. The van der Waals surface area contributed by atoms with Crippen molar-refractivity contribution in [3.05, 3.63) is 20.8 Å². The number of thiophene rings is 1. The van der Waals surface area contributed by atoms with Crippen molar-refractivity contribution in [2.75, 3.05) is 0 Å². The summed E-state index contributed by atoms with van der Waals surface area (Å²) in [7, 11) is 0. The summed E-state index contributed by atoms with van der Waals surface area (Å²) in [5, 5.41) is 3.22. The fraction of sp³-hybridized carbons (Fsp3) is 0.636. The lowest BCUT2D eigenvalue weighted by Gasteiger charge is -2.13. The predicted octanol–water partition coefficient (Wildman–Crippen LogP) is 4.72. The van der Waals surface area contributed by atoms with Gasteiger partial charge in [-0.15, -0.1) is 11.3 Å². The molecule has 0 aliphatic carbocycles. The van der Waals surface area contributed by atoms with Gasteiger partial charge in [0.1, 0.15) is 0 Å². The van der Waals surface area contributed by atoms with E-state index in [-0.39, 0.29) is 12.5 Å². The van der Waals surface area contributed by atoms with Crippen molar-refractivity contribution in [3.8, 4) is 0 Å². The van der Waals surface area contributed by atoms with Gasteiger partial charge in [-0.2, -0.15) is 13.2 Å². The van der Waals surface area contributed by atoms with Crippen molar-refractivity contribution < 1.29 is 13.2 Å². The maximum absolute atomic E-state index is 11.9. The van der Waals surface area contributed by atoms with Crippen LogP contribution in [0.25, 0.3) is 0 Å². The van der Waals surface area contributed by atoms with Gasteiger partial charge in [0.05, 0.1) is 3.79 Å². The summed E-state index contributed by atoms with van der Waals surface area (Å²) in [5.41, 5.74) is 0. The van der Waals surface area contributed by atoms with Gasteiger partial charge >= 0.3 is 6.18 Å². The predicted molar refractivity (Wildman–Crippen MR) is 68.2 cm³/mol. The molecular formula is C11H15BrF3NS. The van der Waals surface area contributed by atoms with Crippen LogP contribution < -0.4 is 5.32 Å². The zero-order valence-corrected chi connectivity index (χ0v) is 11.9. The summed E-state index contributed by atoms with van der Waals surface area (Å²) >= 11 is 5.00. The summed E-state index contributed by atoms with van der Waals surface area (Å²) in [6, 6.07) is 4.08. The molecule has 1 atom stereocenters. The summed E-state index contributed by atoms with van der Waals surface area (Å²) in [4.78, 5) is 1.18. The molecule has 0 aliphatic heterocycles. The summed E-state index contributed by atoms with van der Waals surface area (Å²) in [6.45, 7) is 2.63. The van der Waals surface area contributed by atoms with Gasteiger partial charge < -0.3 is 5.32 Å².